The highest BCUT2D eigenvalue weighted by molar-refractivity contribution is 6.03. The molecule has 7 rings (SSSR count). The molecule has 0 spiro atoms. The van der Waals surface area contributed by atoms with E-state index in [1.165, 1.54) is 36.5 Å². The van der Waals surface area contributed by atoms with Gasteiger partial charge in [-0.3, -0.25) is 14.7 Å². The molecule has 0 bridgehead atoms. The number of hydrogen-bond donors (Lipinski definition) is 2. The van der Waals surface area contributed by atoms with E-state index >= 15 is 4.39 Å². The van der Waals surface area contributed by atoms with E-state index in [-0.39, 0.29) is 57.5 Å². The number of nitrogens with one attached hydrogen (secondary N) is 1. The maximum absolute atomic E-state index is 16.9. The Balaban J connectivity index is 1.37. The highest BCUT2D eigenvalue weighted by Gasteiger charge is 2.45. The van der Waals surface area contributed by atoms with Crippen molar-refractivity contribution in [3.8, 4) is 35.4 Å². The predicted octanol–water partition coefficient (Wildman–Crippen LogP) is 4.32. The summed E-state index contributed by atoms with van der Waals surface area (Å²) in [6.07, 6.45) is 12.5. The molecule has 2 aromatic carbocycles. The molecule has 3 saturated heterocycles. The first-order valence-electron chi connectivity index (χ1n) is 15.7. The normalized spacial score (nSPS) is 19.3. The molecule has 47 heavy (non-hydrogen) atoms. The average molecular weight is 641 g/mol. The molecule has 10 nitrogen and oxygen atoms in total. The van der Waals surface area contributed by atoms with Crippen molar-refractivity contribution in [1.29, 1.82) is 0 Å². The minimum Gasteiger partial charge on any atom is -0.508 e. The van der Waals surface area contributed by atoms with Crippen molar-refractivity contribution >= 4 is 33.4 Å². The maximum atomic E-state index is 16.9. The number of aromatic nitrogens is 3. The van der Waals surface area contributed by atoms with Crippen molar-refractivity contribution in [3.63, 3.8) is 0 Å². The van der Waals surface area contributed by atoms with Crippen molar-refractivity contribution in [3.05, 3.63) is 60.3 Å². The van der Waals surface area contributed by atoms with Crippen LogP contribution in [-0.4, -0.2) is 88.4 Å². The van der Waals surface area contributed by atoms with Gasteiger partial charge >= 0.3 is 6.01 Å². The fourth-order valence-corrected chi connectivity index (χ4v) is 7.28. The van der Waals surface area contributed by atoms with Crippen LogP contribution in [0.25, 0.3) is 32.9 Å². The Labute approximate surface area is 270 Å². The zero-order valence-electron chi connectivity index (χ0n) is 25.8. The van der Waals surface area contributed by atoms with E-state index in [0.717, 1.165) is 38.8 Å². The number of phenols is 1. The minimum absolute atomic E-state index is 0.00430. The Kier molecular flexibility index (Phi) is 8.11. The number of halogens is 2. The number of rotatable bonds is 7. The Morgan fingerprint density at radius 3 is 2.81 bits per heavy atom. The molecule has 1 atom stereocenters. The number of ether oxygens (including phenoxy) is 2. The molecule has 3 aliphatic heterocycles. The second-order valence-corrected chi connectivity index (χ2v) is 12.3. The van der Waals surface area contributed by atoms with Gasteiger partial charge in [-0.05, 0) is 68.4 Å². The fourth-order valence-electron chi connectivity index (χ4n) is 7.28. The van der Waals surface area contributed by atoms with Crippen LogP contribution in [0.5, 0.6) is 11.8 Å². The molecule has 0 aliphatic carbocycles. The Morgan fingerprint density at radius 2 is 2.04 bits per heavy atom. The number of benzene rings is 2. The number of anilines is 1. The number of amides is 1. The number of phenolic OH excluding ortho intramolecular Hbond substituents is 1. The summed E-state index contributed by atoms with van der Waals surface area (Å²) < 4.78 is 43.8. The van der Waals surface area contributed by atoms with Crippen molar-refractivity contribution < 1.29 is 28.2 Å². The summed E-state index contributed by atoms with van der Waals surface area (Å²) in [6, 6.07) is 5.03. The van der Waals surface area contributed by atoms with Gasteiger partial charge in [-0.15, -0.1) is 6.42 Å². The lowest BCUT2D eigenvalue weighted by Gasteiger charge is -2.31. The second kappa shape index (κ2) is 12.4. The zero-order valence-corrected chi connectivity index (χ0v) is 25.8. The molecular formula is C35H34F2N6O4. The number of pyridine rings is 1. The molecule has 242 valence electrons. The summed E-state index contributed by atoms with van der Waals surface area (Å²) in [7, 11) is 0. The molecule has 3 aliphatic rings. The Hall–Kier alpha value is -4.86. The number of carbonyl (C=O) groups is 1. The van der Waals surface area contributed by atoms with Gasteiger partial charge in [-0.1, -0.05) is 18.6 Å². The van der Waals surface area contributed by atoms with Gasteiger partial charge in [0.05, 0.1) is 35.7 Å². The molecule has 12 heteroatoms. The van der Waals surface area contributed by atoms with Crippen LogP contribution in [0.1, 0.15) is 31.2 Å². The topological polar surface area (TPSA) is 113 Å². The summed E-state index contributed by atoms with van der Waals surface area (Å²) in [5.41, 5.74) is -0.277. The molecule has 2 N–H and O–H groups in total. The molecule has 4 aromatic rings. The third kappa shape index (κ3) is 5.59. The second-order valence-electron chi connectivity index (χ2n) is 12.3. The van der Waals surface area contributed by atoms with E-state index in [9.17, 15) is 14.3 Å². The maximum Gasteiger partial charge on any atom is 0.319 e. The van der Waals surface area contributed by atoms with Gasteiger partial charge in [0, 0.05) is 30.2 Å². The number of aromatic hydroxyl groups is 1. The van der Waals surface area contributed by atoms with Crippen molar-refractivity contribution in [2.45, 2.75) is 37.3 Å². The lowest BCUT2D eigenvalue weighted by molar-refractivity contribution is -0.117. The van der Waals surface area contributed by atoms with Crippen molar-refractivity contribution in [2.75, 3.05) is 50.9 Å². The largest absolute Gasteiger partial charge is 0.508 e. The third-order valence-electron chi connectivity index (χ3n) is 9.47. The van der Waals surface area contributed by atoms with Gasteiger partial charge in [-0.2, -0.15) is 9.97 Å². The van der Waals surface area contributed by atoms with Crippen LogP contribution in [0.2, 0.25) is 0 Å². The van der Waals surface area contributed by atoms with E-state index in [4.69, 9.17) is 20.9 Å². The number of terminal acetylenes is 1. The number of nitrogens with zero attached hydrogens (tertiary/aromatic N) is 5. The van der Waals surface area contributed by atoms with E-state index in [0.29, 0.717) is 42.9 Å². The van der Waals surface area contributed by atoms with Gasteiger partial charge in [0.2, 0.25) is 5.91 Å². The lowest BCUT2D eigenvalue weighted by Crippen LogP contribution is -2.44. The summed E-state index contributed by atoms with van der Waals surface area (Å²) in [5, 5.41) is 14.4. The van der Waals surface area contributed by atoms with Crippen molar-refractivity contribution in [2.24, 2.45) is 0 Å². The van der Waals surface area contributed by atoms with Crippen LogP contribution in [0, 0.1) is 24.0 Å². The monoisotopic (exact) mass is 640 g/mol. The average Bonchev–Trinajstić information content (AvgIpc) is 3.57. The van der Waals surface area contributed by atoms with Crippen LogP contribution >= 0.6 is 0 Å². The van der Waals surface area contributed by atoms with Crippen molar-refractivity contribution in [1.82, 2.24) is 25.2 Å². The van der Waals surface area contributed by atoms with Gasteiger partial charge in [0.15, 0.2) is 5.82 Å². The first kappa shape index (κ1) is 30.8. The third-order valence-corrected chi connectivity index (χ3v) is 9.47. The first-order valence-corrected chi connectivity index (χ1v) is 15.7. The van der Waals surface area contributed by atoms with Gasteiger partial charge < -0.3 is 24.8 Å². The number of fused-ring (bicyclic) bond motifs is 3. The van der Waals surface area contributed by atoms with Crippen LogP contribution in [-0.2, 0) is 9.53 Å². The van der Waals surface area contributed by atoms with Crippen LogP contribution < -0.4 is 15.0 Å². The smallest absolute Gasteiger partial charge is 0.319 e. The van der Waals surface area contributed by atoms with Gasteiger partial charge in [0.1, 0.15) is 35.2 Å². The predicted molar refractivity (Wildman–Crippen MR) is 173 cm³/mol. The number of carbonyl (C=O) groups excluding carboxylic acids is 1. The quantitative estimate of drug-likeness (QED) is 0.225. The van der Waals surface area contributed by atoms with Gasteiger partial charge in [-0.25, -0.2) is 8.78 Å². The molecule has 0 saturated carbocycles. The molecule has 3 fully saturated rings. The van der Waals surface area contributed by atoms with E-state index < -0.39 is 17.7 Å². The minimum atomic E-state index is -0.806. The summed E-state index contributed by atoms with van der Waals surface area (Å²) in [5.74, 6) is 0.774. The molecule has 0 unspecified atom stereocenters. The highest BCUT2D eigenvalue weighted by Crippen LogP contribution is 2.41. The molecule has 1 amide bonds. The fraction of sp³-hybridized carbons (Fsp3) is 0.371. The van der Waals surface area contributed by atoms with Crippen LogP contribution in [0.3, 0.4) is 0 Å². The zero-order chi connectivity index (χ0) is 32.7. The Bertz CT molecular complexity index is 1940. The molecule has 2 aromatic heterocycles. The highest BCUT2D eigenvalue weighted by atomic mass is 19.1. The first-order chi connectivity index (χ1) is 22.8. The summed E-state index contributed by atoms with van der Waals surface area (Å²) in [6.45, 7) is 7.25. The standard InChI is InChI=1S/C35H34F2N6O4/c1-3-24-27(36)8-7-21-15-23(44)16-25(29(21)24)31-30(37)32-26(17-38-31)33(42-13-14-46-19-22(18-42)39-28(45)4-2)41-34(40-32)47-20-35-9-5-11-43(35)12-6-10-35/h1,4,7-8,15-17,22,44H,2,5-6,9-14,18-20H2,(H,39,45)/t22-/m1/s1. The number of hydrogen-bond acceptors (Lipinski definition) is 9. The molecule has 5 heterocycles. The summed E-state index contributed by atoms with van der Waals surface area (Å²) >= 11 is 0. The van der Waals surface area contributed by atoms with Crippen LogP contribution in [0.4, 0.5) is 14.6 Å². The lowest BCUT2D eigenvalue weighted by atomic mass is 9.95. The van der Waals surface area contributed by atoms with E-state index in [1.807, 2.05) is 4.90 Å². The SMILES string of the molecule is C#Cc1c(F)ccc2cc(O)cc(-c3ncc4c(N5CCOC[C@H](NC(=O)C=C)C5)nc(OCC56CCCN5CCC6)nc4c3F)c12. The van der Waals surface area contributed by atoms with E-state index in [1.54, 1.807) is 0 Å². The Morgan fingerprint density at radius 1 is 1.23 bits per heavy atom. The summed E-state index contributed by atoms with van der Waals surface area (Å²) in [4.78, 5) is 30.3. The molecular weight excluding hydrogens is 606 g/mol. The molecule has 0 radical (unpaired) electrons. The van der Waals surface area contributed by atoms with Gasteiger partial charge in [0.25, 0.3) is 0 Å². The van der Waals surface area contributed by atoms with E-state index in [2.05, 4.69) is 32.7 Å². The van der Waals surface area contributed by atoms with Crippen LogP contribution in [0.15, 0.2) is 43.1 Å².